The standard InChI is InChI=1S/C12H6N4O/c1-2-13-6-10-7(1)11-9(17-10)5-8-12(16-11)15-4-3-14-8/h1-6H. The van der Waals surface area contributed by atoms with E-state index < -0.39 is 0 Å². The van der Waals surface area contributed by atoms with Crippen molar-refractivity contribution in [2.45, 2.75) is 0 Å². The summed E-state index contributed by atoms with van der Waals surface area (Å²) in [7, 11) is 0. The van der Waals surface area contributed by atoms with E-state index in [1.807, 2.05) is 12.1 Å². The molecule has 17 heavy (non-hydrogen) atoms. The predicted molar refractivity (Wildman–Crippen MR) is 62.4 cm³/mol. The van der Waals surface area contributed by atoms with Gasteiger partial charge in [0.1, 0.15) is 11.0 Å². The maximum atomic E-state index is 5.67. The molecule has 4 heterocycles. The van der Waals surface area contributed by atoms with Crippen molar-refractivity contribution in [3.63, 3.8) is 0 Å². The van der Waals surface area contributed by atoms with Gasteiger partial charge in [-0.1, -0.05) is 0 Å². The van der Waals surface area contributed by atoms with E-state index in [2.05, 4.69) is 19.9 Å². The lowest BCUT2D eigenvalue weighted by Gasteiger charge is -1.93. The first-order valence-electron chi connectivity index (χ1n) is 5.16. The van der Waals surface area contributed by atoms with Crippen molar-refractivity contribution in [1.29, 1.82) is 0 Å². The van der Waals surface area contributed by atoms with E-state index in [1.54, 1.807) is 24.8 Å². The Labute approximate surface area is 95.1 Å². The summed E-state index contributed by atoms with van der Waals surface area (Å²) in [4.78, 5) is 16.9. The number of hydrogen-bond donors (Lipinski definition) is 0. The van der Waals surface area contributed by atoms with Crippen LogP contribution in [0.1, 0.15) is 0 Å². The van der Waals surface area contributed by atoms with Crippen molar-refractivity contribution in [2.75, 3.05) is 0 Å². The van der Waals surface area contributed by atoms with Crippen LogP contribution in [0.15, 0.2) is 41.3 Å². The first kappa shape index (κ1) is 8.58. The number of hydrogen-bond acceptors (Lipinski definition) is 5. The molecular formula is C12H6N4O. The molecule has 0 spiro atoms. The quantitative estimate of drug-likeness (QED) is 0.456. The summed E-state index contributed by atoms with van der Waals surface area (Å²) in [5, 5.41) is 0.947. The third-order valence-electron chi connectivity index (χ3n) is 2.68. The van der Waals surface area contributed by atoms with Gasteiger partial charge >= 0.3 is 0 Å². The van der Waals surface area contributed by atoms with Gasteiger partial charge in [0, 0.05) is 30.0 Å². The lowest BCUT2D eigenvalue weighted by atomic mass is 10.2. The highest BCUT2D eigenvalue weighted by atomic mass is 16.3. The van der Waals surface area contributed by atoms with Crippen LogP contribution in [0.25, 0.3) is 33.2 Å². The summed E-state index contributed by atoms with van der Waals surface area (Å²) in [6.07, 6.45) is 6.67. The molecule has 0 atom stereocenters. The van der Waals surface area contributed by atoms with E-state index in [4.69, 9.17) is 4.42 Å². The smallest absolute Gasteiger partial charge is 0.179 e. The monoisotopic (exact) mass is 222 g/mol. The zero-order valence-electron chi connectivity index (χ0n) is 8.66. The first-order valence-corrected chi connectivity index (χ1v) is 5.16. The van der Waals surface area contributed by atoms with Gasteiger partial charge in [-0.05, 0) is 6.07 Å². The van der Waals surface area contributed by atoms with Crippen LogP contribution in [-0.2, 0) is 0 Å². The van der Waals surface area contributed by atoms with E-state index in [1.165, 1.54) is 0 Å². The van der Waals surface area contributed by atoms with Gasteiger partial charge in [-0.3, -0.25) is 9.97 Å². The number of pyridine rings is 2. The topological polar surface area (TPSA) is 64.7 Å². The maximum absolute atomic E-state index is 5.67. The summed E-state index contributed by atoms with van der Waals surface area (Å²) < 4.78 is 5.67. The Hall–Kier alpha value is -2.56. The molecule has 0 aliphatic rings. The Morgan fingerprint density at radius 1 is 1.00 bits per heavy atom. The number of furan rings is 1. The average Bonchev–Trinajstić information content (AvgIpc) is 2.73. The van der Waals surface area contributed by atoms with E-state index in [0.29, 0.717) is 11.2 Å². The largest absolute Gasteiger partial charge is 0.453 e. The molecule has 0 aliphatic heterocycles. The van der Waals surface area contributed by atoms with Crippen molar-refractivity contribution >= 4 is 33.2 Å². The van der Waals surface area contributed by atoms with Crippen LogP contribution < -0.4 is 0 Å². The molecule has 0 unspecified atom stereocenters. The third kappa shape index (κ3) is 1.13. The van der Waals surface area contributed by atoms with Crippen LogP contribution in [-0.4, -0.2) is 19.9 Å². The molecule has 4 aromatic rings. The van der Waals surface area contributed by atoms with Crippen LogP contribution in [0.3, 0.4) is 0 Å². The first-order chi connectivity index (χ1) is 8.42. The normalized spacial score (nSPS) is 11.5. The van der Waals surface area contributed by atoms with Crippen LogP contribution >= 0.6 is 0 Å². The van der Waals surface area contributed by atoms with Crippen molar-refractivity contribution in [3.05, 3.63) is 36.9 Å². The SMILES string of the molecule is c1cc2c(cn1)oc1cc3nccnc3nc12. The Bertz CT molecular complexity index is 847. The highest BCUT2D eigenvalue weighted by Gasteiger charge is 2.10. The fourth-order valence-electron chi connectivity index (χ4n) is 1.93. The lowest BCUT2D eigenvalue weighted by molar-refractivity contribution is 0.666. The molecule has 5 nitrogen and oxygen atoms in total. The Balaban J connectivity index is 2.28. The van der Waals surface area contributed by atoms with Gasteiger partial charge < -0.3 is 4.42 Å². The minimum Gasteiger partial charge on any atom is -0.453 e. The molecule has 0 amide bonds. The maximum Gasteiger partial charge on any atom is 0.179 e. The van der Waals surface area contributed by atoms with Gasteiger partial charge in [0.25, 0.3) is 0 Å². The summed E-state index contributed by atoms with van der Waals surface area (Å²) in [5.74, 6) is 0. The molecule has 5 heteroatoms. The van der Waals surface area contributed by atoms with Crippen LogP contribution in [0.4, 0.5) is 0 Å². The van der Waals surface area contributed by atoms with Gasteiger partial charge in [-0.2, -0.15) is 0 Å². The average molecular weight is 222 g/mol. The Morgan fingerprint density at radius 2 is 1.94 bits per heavy atom. The summed E-state index contributed by atoms with van der Waals surface area (Å²) in [6.45, 7) is 0. The number of nitrogens with zero attached hydrogens (tertiary/aromatic N) is 4. The molecule has 0 aliphatic carbocycles. The van der Waals surface area contributed by atoms with Crippen LogP contribution in [0.2, 0.25) is 0 Å². The van der Waals surface area contributed by atoms with Crippen molar-refractivity contribution in [2.24, 2.45) is 0 Å². The highest BCUT2D eigenvalue weighted by Crippen LogP contribution is 2.27. The summed E-state index contributed by atoms with van der Waals surface area (Å²) in [5.41, 5.74) is 3.59. The van der Waals surface area contributed by atoms with Crippen LogP contribution in [0.5, 0.6) is 0 Å². The molecule has 4 aromatic heterocycles. The highest BCUT2D eigenvalue weighted by molar-refractivity contribution is 6.04. The van der Waals surface area contributed by atoms with E-state index in [-0.39, 0.29) is 0 Å². The number of rotatable bonds is 0. The molecule has 0 fully saturated rings. The van der Waals surface area contributed by atoms with Crippen molar-refractivity contribution in [3.8, 4) is 0 Å². The molecule has 0 bridgehead atoms. The summed E-state index contributed by atoms with van der Waals surface area (Å²) >= 11 is 0. The van der Waals surface area contributed by atoms with Crippen molar-refractivity contribution in [1.82, 2.24) is 19.9 Å². The second-order valence-electron chi connectivity index (χ2n) is 3.71. The molecule has 0 aromatic carbocycles. The Morgan fingerprint density at radius 3 is 2.94 bits per heavy atom. The summed E-state index contributed by atoms with van der Waals surface area (Å²) in [6, 6.07) is 3.74. The molecular weight excluding hydrogens is 216 g/mol. The molecule has 80 valence electrons. The minimum absolute atomic E-state index is 0.625. The van der Waals surface area contributed by atoms with Gasteiger partial charge in [0.2, 0.25) is 0 Å². The fourth-order valence-corrected chi connectivity index (χ4v) is 1.93. The fraction of sp³-hybridized carbons (Fsp3) is 0. The second-order valence-corrected chi connectivity index (χ2v) is 3.71. The van der Waals surface area contributed by atoms with E-state index in [0.717, 1.165) is 22.0 Å². The molecule has 0 saturated heterocycles. The van der Waals surface area contributed by atoms with Crippen LogP contribution in [0, 0.1) is 0 Å². The zero-order valence-corrected chi connectivity index (χ0v) is 8.66. The number of aromatic nitrogens is 4. The molecule has 0 N–H and O–H groups in total. The number of fused-ring (bicyclic) bond motifs is 4. The van der Waals surface area contributed by atoms with Gasteiger partial charge in [0.15, 0.2) is 16.8 Å². The lowest BCUT2D eigenvalue weighted by Crippen LogP contribution is -1.85. The van der Waals surface area contributed by atoms with Gasteiger partial charge in [-0.25, -0.2) is 9.97 Å². The zero-order chi connectivity index (χ0) is 11.2. The van der Waals surface area contributed by atoms with Gasteiger partial charge in [0.05, 0.1) is 6.20 Å². The molecule has 0 saturated carbocycles. The van der Waals surface area contributed by atoms with Crippen molar-refractivity contribution < 1.29 is 4.42 Å². The minimum atomic E-state index is 0.625. The molecule has 0 radical (unpaired) electrons. The van der Waals surface area contributed by atoms with E-state index >= 15 is 0 Å². The Kier molecular flexibility index (Phi) is 1.50. The molecule has 4 rings (SSSR count). The predicted octanol–water partition coefficient (Wildman–Crippen LogP) is 2.32. The van der Waals surface area contributed by atoms with Gasteiger partial charge in [-0.15, -0.1) is 0 Å². The second kappa shape index (κ2) is 2.98. The van der Waals surface area contributed by atoms with E-state index in [9.17, 15) is 0 Å². The third-order valence-corrected chi connectivity index (χ3v) is 2.68.